The average Bonchev–Trinajstić information content (AvgIpc) is 2.31. The fourth-order valence-corrected chi connectivity index (χ4v) is 2.13. The number of halogens is 3. The van der Waals surface area contributed by atoms with Crippen molar-refractivity contribution in [2.75, 3.05) is 5.75 Å². The van der Waals surface area contributed by atoms with Gasteiger partial charge in [0.05, 0.1) is 5.75 Å². The van der Waals surface area contributed by atoms with Crippen LogP contribution in [0, 0.1) is 0 Å². The maximum absolute atomic E-state index is 11.6. The van der Waals surface area contributed by atoms with E-state index in [2.05, 4.69) is 10.2 Å². The van der Waals surface area contributed by atoms with Gasteiger partial charge in [-0.1, -0.05) is 23.1 Å². The van der Waals surface area contributed by atoms with E-state index in [-0.39, 0.29) is 10.2 Å². The van der Waals surface area contributed by atoms with E-state index in [0.29, 0.717) is 4.34 Å². The van der Waals surface area contributed by atoms with Crippen molar-refractivity contribution < 1.29 is 8.78 Å². The Bertz CT molecular complexity index is 230. The Morgan fingerprint density at radius 3 is 2.73 bits per heavy atom. The maximum Gasteiger partial charge on any atom is 0.248 e. The van der Waals surface area contributed by atoms with Crippen molar-refractivity contribution in [1.29, 1.82) is 0 Å². The van der Waals surface area contributed by atoms with E-state index >= 15 is 0 Å². The van der Waals surface area contributed by atoms with Crippen LogP contribution < -0.4 is 0 Å². The lowest BCUT2D eigenvalue weighted by Crippen LogP contribution is -1.92. The third kappa shape index (κ3) is 3.31. The molecule has 0 aliphatic carbocycles. The Kier molecular flexibility index (Phi) is 3.47. The van der Waals surface area contributed by atoms with Gasteiger partial charge in [-0.05, 0) is 11.6 Å². The van der Waals surface area contributed by atoms with Crippen molar-refractivity contribution in [3.63, 3.8) is 0 Å². The molecule has 0 unspecified atom stereocenters. The first-order chi connectivity index (χ1) is 5.18. The first kappa shape index (κ1) is 9.15. The minimum absolute atomic E-state index is 0.258. The zero-order valence-corrected chi connectivity index (χ0v) is 7.52. The molecule has 0 fully saturated rings. The molecule has 2 nitrogen and oxygen atoms in total. The van der Waals surface area contributed by atoms with Crippen LogP contribution in [0.3, 0.4) is 0 Å². The van der Waals surface area contributed by atoms with Gasteiger partial charge in [-0.2, -0.15) is 0 Å². The van der Waals surface area contributed by atoms with Gasteiger partial charge < -0.3 is 0 Å². The summed E-state index contributed by atoms with van der Waals surface area (Å²) in [7, 11) is 0. The Labute approximate surface area is 75.0 Å². The van der Waals surface area contributed by atoms with Crippen molar-refractivity contribution in [2.45, 2.75) is 10.8 Å². The molecule has 0 radical (unpaired) electrons. The second kappa shape index (κ2) is 4.18. The molecular weight excluding hydrogens is 214 g/mol. The van der Waals surface area contributed by atoms with Crippen LogP contribution in [0.15, 0.2) is 4.34 Å². The minimum Gasteiger partial charge on any atom is -0.210 e. The third-order valence-corrected chi connectivity index (χ3v) is 2.88. The zero-order chi connectivity index (χ0) is 8.27. The zero-order valence-electron chi connectivity index (χ0n) is 5.13. The molecule has 11 heavy (non-hydrogen) atoms. The number of hydrogen-bond acceptors (Lipinski definition) is 4. The lowest BCUT2D eigenvalue weighted by Gasteiger charge is -1.92. The van der Waals surface area contributed by atoms with E-state index in [1.165, 1.54) is 0 Å². The summed E-state index contributed by atoms with van der Waals surface area (Å²) in [4.78, 5) is 0. The Balaban J connectivity index is 2.39. The van der Waals surface area contributed by atoms with Crippen molar-refractivity contribution in [3.05, 3.63) is 4.47 Å². The first-order valence-corrected chi connectivity index (χ1v) is 4.76. The molecule has 0 saturated heterocycles. The average molecular weight is 217 g/mol. The topological polar surface area (TPSA) is 25.8 Å². The molecule has 62 valence electrons. The van der Waals surface area contributed by atoms with E-state index in [0.717, 1.165) is 23.1 Å². The second-order valence-corrected chi connectivity index (χ2v) is 4.35. The van der Waals surface area contributed by atoms with E-state index in [9.17, 15) is 8.78 Å². The summed E-state index contributed by atoms with van der Waals surface area (Å²) in [5.74, 6) is -0.258. The van der Waals surface area contributed by atoms with Crippen molar-refractivity contribution in [1.82, 2.24) is 10.2 Å². The van der Waals surface area contributed by atoms with Gasteiger partial charge >= 0.3 is 0 Å². The van der Waals surface area contributed by atoms with Crippen LogP contribution in [0.5, 0.6) is 0 Å². The Morgan fingerprint density at radius 1 is 1.55 bits per heavy atom. The highest BCUT2D eigenvalue weighted by atomic mass is 35.5. The highest BCUT2D eigenvalue weighted by Crippen LogP contribution is 2.25. The van der Waals surface area contributed by atoms with Crippen LogP contribution in [0.2, 0.25) is 4.47 Å². The van der Waals surface area contributed by atoms with Gasteiger partial charge in [-0.25, -0.2) is 8.78 Å². The highest BCUT2D eigenvalue weighted by molar-refractivity contribution is 8.01. The summed E-state index contributed by atoms with van der Waals surface area (Å²) in [5.41, 5.74) is 0. The van der Waals surface area contributed by atoms with E-state index in [1.54, 1.807) is 0 Å². The normalized spacial score (nSPS) is 10.9. The summed E-state index contributed by atoms with van der Waals surface area (Å²) in [6.07, 6.45) is -2.32. The largest absolute Gasteiger partial charge is 0.248 e. The number of rotatable bonds is 3. The van der Waals surface area contributed by atoms with E-state index in [4.69, 9.17) is 11.6 Å². The van der Waals surface area contributed by atoms with Crippen molar-refractivity contribution in [3.8, 4) is 0 Å². The molecule has 0 amide bonds. The molecule has 0 aromatic carbocycles. The lowest BCUT2D eigenvalue weighted by atomic mass is 10.9. The second-order valence-electron chi connectivity index (χ2n) is 1.52. The molecule has 0 saturated carbocycles. The molecule has 0 atom stereocenters. The van der Waals surface area contributed by atoms with Crippen molar-refractivity contribution >= 4 is 34.7 Å². The summed E-state index contributed by atoms with van der Waals surface area (Å²) in [6, 6.07) is 0. The standard InChI is InChI=1S/C4H3ClF2N2S2/c5-3-8-9-4(11-3)10-1-2(6)7/h2H,1H2. The van der Waals surface area contributed by atoms with Crippen LogP contribution in [-0.2, 0) is 0 Å². The molecule has 0 spiro atoms. The third-order valence-electron chi connectivity index (χ3n) is 0.715. The fourth-order valence-electron chi connectivity index (χ4n) is 0.386. The number of thioether (sulfide) groups is 1. The van der Waals surface area contributed by atoms with E-state index in [1.807, 2.05) is 0 Å². The maximum atomic E-state index is 11.6. The molecule has 0 bridgehead atoms. The Morgan fingerprint density at radius 2 is 2.27 bits per heavy atom. The monoisotopic (exact) mass is 216 g/mol. The summed E-state index contributed by atoms with van der Waals surface area (Å²) in [5, 5.41) is 7.02. The van der Waals surface area contributed by atoms with Gasteiger partial charge in [-0.3, -0.25) is 0 Å². The SMILES string of the molecule is FC(F)CSc1nnc(Cl)s1. The summed E-state index contributed by atoms with van der Waals surface area (Å²) < 4.78 is 24.0. The van der Waals surface area contributed by atoms with E-state index < -0.39 is 6.43 Å². The number of aromatic nitrogens is 2. The highest BCUT2D eigenvalue weighted by Gasteiger charge is 2.07. The predicted molar refractivity (Wildman–Crippen MR) is 41.6 cm³/mol. The Hall–Kier alpha value is 0.0600. The van der Waals surface area contributed by atoms with Crippen LogP contribution in [-0.4, -0.2) is 22.4 Å². The van der Waals surface area contributed by atoms with Gasteiger partial charge in [-0.15, -0.1) is 10.2 Å². The fraction of sp³-hybridized carbons (Fsp3) is 0.500. The van der Waals surface area contributed by atoms with Gasteiger partial charge in [0, 0.05) is 0 Å². The van der Waals surface area contributed by atoms with Gasteiger partial charge in [0.1, 0.15) is 0 Å². The molecule has 1 rings (SSSR count). The van der Waals surface area contributed by atoms with Crippen LogP contribution in [0.1, 0.15) is 0 Å². The van der Waals surface area contributed by atoms with Gasteiger partial charge in [0.25, 0.3) is 0 Å². The van der Waals surface area contributed by atoms with Crippen molar-refractivity contribution in [2.24, 2.45) is 0 Å². The molecular formula is C4H3ClF2N2S2. The summed E-state index contributed by atoms with van der Waals surface area (Å²) >= 11 is 7.48. The minimum atomic E-state index is -2.32. The molecule has 1 heterocycles. The quantitative estimate of drug-likeness (QED) is 0.727. The van der Waals surface area contributed by atoms with Gasteiger partial charge in [0.2, 0.25) is 10.9 Å². The number of hydrogen-bond donors (Lipinski definition) is 0. The molecule has 0 aliphatic rings. The number of nitrogens with zero attached hydrogens (tertiary/aromatic N) is 2. The molecule has 0 aliphatic heterocycles. The molecule has 1 aromatic heterocycles. The molecule has 7 heteroatoms. The predicted octanol–water partition coefficient (Wildman–Crippen LogP) is 2.55. The smallest absolute Gasteiger partial charge is 0.210 e. The lowest BCUT2D eigenvalue weighted by molar-refractivity contribution is 0.177. The molecule has 0 N–H and O–H groups in total. The first-order valence-electron chi connectivity index (χ1n) is 2.58. The van der Waals surface area contributed by atoms with Crippen LogP contribution in [0.4, 0.5) is 8.78 Å². The summed E-state index contributed by atoms with van der Waals surface area (Å²) in [6.45, 7) is 0. The van der Waals surface area contributed by atoms with Gasteiger partial charge in [0.15, 0.2) is 4.34 Å². The number of alkyl halides is 2. The van der Waals surface area contributed by atoms with Crippen LogP contribution in [0.25, 0.3) is 0 Å². The molecule has 1 aromatic rings. The van der Waals surface area contributed by atoms with Crippen LogP contribution >= 0.6 is 34.7 Å².